The van der Waals surface area contributed by atoms with Gasteiger partial charge in [-0.2, -0.15) is 12.6 Å². The Hall–Kier alpha value is -0.360. The lowest BCUT2D eigenvalue weighted by Gasteiger charge is -2.12. The lowest BCUT2D eigenvalue weighted by molar-refractivity contribution is 0.591. The lowest BCUT2D eigenvalue weighted by atomic mass is 10.1. The molecule has 0 spiro atoms. The first-order chi connectivity index (χ1) is 8.26. The number of thioether (sulfide) groups is 1. The summed E-state index contributed by atoms with van der Waals surface area (Å²) in [6.07, 6.45) is 4.59. The Balaban J connectivity index is 1.96. The summed E-state index contributed by atoms with van der Waals surface area (Å²) in [6, 6.07) is 0.393. The predicted octanol–water partition coefficient (Wildman–Crippen LogP) is 2.34. The van der Waals surface area contributed by atoms with E-state index >= 15 is 0 Å². The minimum absolute atomic E-state index is 0.0621. The largest absolute Gasteiger partial charge is 0.344 e. The molecule has 1 unspecified atom stereocenters. The van der Waals surface area contributed by atoms with Crippen LogP contribution in [0.1, 0.15) is 38.6 Å². The number of nitrogens with one attached hydrogen (secondary N) is 1. The zero-order chi connectivity index (χ0) is 12.3. The van der Waals surface area contributed by atoms with E-state index in [2.05, 4.69) is 29.7 Å². The molecule has 0 bridgehead atoms. The molecule has 4 nitrogen and oxygen atoms in total. The van der Waals surface area contributed by atoms with E-state index in [9.17, 15) is 4.79 Å². The number of hydrogen-bond donors (Lipinski definition) is 2. The summed E-state index contributed by atoms with van der Waals surface area (Å²) in [6.45, 7) is 2.19. The van der Waals surface area contributed by atoms with Crippen LogP contribution in [0.5, 0.6) is 0 Å². The minimum Gasteiger partial charge on any atom is -0.267 e. The Morgan fingerprint density at radius 1 is 1.65 bits per heavy atom. The maximum absolute atomic E-state index is 11.6. The van der Waals surface area contributed by atoms with Gasteiger partial charge in [-0.3, -0.25) is 4.57 Å². The number of aromatic amines is 1. The second-order valence-electron chi connectivity index (χ2n) is 4.56. The van der Waals surface area contributed by atoms with E-state index in [1.165, 1.54) is 12.8 Å². The molecule has 0 radical (unpaired) electrons. The summed E-state index contributed by atoms with van der Waals surface area (Å²) in [5.74, 6) is 2.50. The van der Waals surface area contributed by atoms with Crippen molar-refractivity contribution in [3.8, 4) is 0 Å². The Labute approximate surface area is 111 Å². The van der Waals surface area contributed by atoms with Crippen LogP contribution >= 0.6 is 24.4 Å². The van der Waals surface area contributed by atoms with Crippen molar-refractivity contribution >= 4 is 24.4 Å². The number of nitrogens with zero attached hydrogens (tertiary/aromatic N) is 2. The van der Waals surface area contributed by atoms with Crippen molar-refractivity contribution in [3.05, 3.63) is 10.5 Å². The van der Waals surface area contributed by atoms with E-state index in [-0.39, 0.29) is 5.69 Å². The third kappa shape index (κ3) is 3.31. The molecular formula is C11H19N3OS2. The van der Waals surface area contributed by atoms with Gasteiger partial charge in [0, 0.05) is 11.8 Å². The molecule has 1 atom stereocenters. The highest BCUT2D eigenvalue weighted by Crippen LogP contribution is 2.36. The third-order valence-corrected chi connectivity index (χ3v) is 4.69. The van der Waals surface area contributed by atoms with Gasteiger partial charge in [-0.05, 0) is 30.9 Å². The first-order valence-electron chi connectivity index (χ1n) is 6.16. The molecule has 1 aliphatic carbocycles. The van der Waals surface area contributed by atoms with Gasteiger partial charge >= 0.3 is 5.69 Å². The summed E-state index contributed by atoms with van der Waals surface area (Å²) < 4.78 is 1.81. The van der Waals surface area contributed by atoms with Crippen LogP contribution in [0.3, 0.4) is 0 Å². The van der Waals surface area contributed by atoms with Crippen LogP contribution in [0, 0.1) is 5.92 Å². The first kappa shape index (κ1) is 13.1. The van der Waals surface area contributed by atoms with Crippen LogP contribution in [0.25, 0.3) is 0 Å². The van der Waals surface area contributed by atoms with Gasteiger partial charge in [0.25, 0.3) is 0 Å². The summed E-state index contributed by atoms with van der Waals surface area (Å²) >= 11 is 6.05. The standard InChI is InChI=1S/C11H19N3OS2/c1-2-3-8(6-16)7-17-11-13-12-10(15)14(11)9-4-5-9/h8-9,16H,2-7H2,1H3,(H,12,15). The van der Waals surface area contributed by atoms with Gasteiger partial charge < -0.3 is 0 Å². The van der Waals surface area contributed by atoms with Gasteiger partial charge in [0.2, 0.25) is 0 Å². The topological polar surface area (TPSA) is 50.7 Å². The van der Waals surface area contributed by atoms with Gasteiger partial charge in [-0.15, -0.1) is 5.10 Å². The third-order valence-electron chi connectivity index (χ3n) is 2.99. The maximum atomic E-state index is 11.6. The number of hydrogen-bond acceptors (Lipinski definition) is 4. The van der Waals surface area contributed by atoms with Crippen molar-refractivity contribution in [2.45, 2.75) is 43.8 Å². The summed E-state index contributed by atoms with van der Waals surface area (Å²) in [4.78, 5) is 11.6. The average Bonchev–Trinajstić information content (AvgIpc) is 3.09. The highest BCUT2D eigenvalue weighted by atomic mass is 32.2. The Morgan fingerprint density at radius 3 is 3.00 bits per heavy atom. The Bertz CT molecular complexity index is 411. The van der Waals surface area contributed by atoms with Gasteiger partial charge in [0.15, 0.2) is 5.16 Å². The molecule has 0 amide bonds. The molecule has 1 saturated carbocycles. The molecular weight excluding hydrogens is 254 g/mol. The number of aromatic nitrogens is 3. The molecule has 1 aromatic rings. The lowest BCUT2D eigenvalue weighted by Crippen LogP contribution is -2.16. The van der Waals surface area contributed by atoms with Gasteiger partial charge in [0.1, 0.15) is 0 Å². The van der Waals surface area contributed by atoms with Gasteiger partial charge in [-0.1, -0.05) is 25.1 Å². The SMILES string of the molecule is CCCC(CS)CSc1n[nH]c(=O)n1C1CC1. The van der Waals surface area contributed by atoms with E-state index in [1.807, 2.05) is 4.57 Å². The second-order valence-corrected chi connectivity index (χ2v) is 5.91. The van der Waals surface area contributed by atoms with Crippen LogP contribution in [-0.4, -0.2) is 26.3 Å². The van der Waals surface area contributed by atoms with E-state index in [1.54, 1.807) is 11.8 Å². The second kappa shape index (κ2) is 6.00. The maximum Gasteiger partial charge on any atom is 0.344 e. The molecule has 96 valence electrons. The predicted molar refractivity (Wildman–Crippen MR) is 74.1 cm³/mol. The zero-order valence-corrected chi connectivity index (χ0v) is 11.8. The normalized spacial score (nSPS) is 17.3. The van der Waals surface area contributed by atoms with Crippen molar-refractivity contribution in [1.82, 2.24) is 14.8 Å². The fraction of sp³-hybridized carbons (Fsp3) is 0.818. The Morgan fingerprint density at radius 2 is 2.41 bits per heavy atom. The number of rotatable bonds is 7. The minimum atomic E-state index is -0.0621. The van der Waals surface area contributed by atoms with Crippen LogP contribution in [-0.2, 0) is 0 Å². The summed E-state index contributed by atoms with van der Waals surface area (Å²) in [5.41, 5.74) is -0.0621. The highest BCUT2D eigenvalue weighted by molar-refractivity contribution is 7.99. The smallest absolute Gasteiger partial charge is 0.267 e. The van der Waals surface area contributed by atoms with Crippen LogP contribution in [0.2, 0.25) is 0 Å². The molecule has 1 aromatic heterocycles. The van der Waals surface area contributed by atoms with E-state index in [0.717, 1.165) is 29.5 Å². The van der Waals surface area contributed by atoms with E-state index in [4.69, 9.17) is 0 Å². The van der Waals surface area contributed by atoms with Crippen LogP contribution < -0.4 is 5.69 Å². The Kier molecular flexibility index (Phi) is 4.62. The molecule has 1 aliphatic rings. The first-order valence-corrected chi connectivity index (χ1v) is 7.78. The summed E-state index contributed by atoms with van der Waals surface area (Å²) in [5, 5.41) is 7.50. The molecule has 0 saturated heterocycles. The summed E-state index contributed by atoms with van der Waals surface area (Å²) in [7, 11) is 0. The molecule has 0 aromatic carbocycles. The van der Waals surface area contributed by atoms with Crippen molar-refractivity contribution in [3.63, 3.8) is 0 Å². The quantitative estimate of drug-likeness (QED) is 0.592. The molecule has 0 aliphatic heterocycles. The molecule has 6 heteroatoms. The average molecular weight is 273 g/mol. The highest BCUT2D eigenvalue weighted by Gasteiger charge is 2.28. The monoisotopic (exact) mass is 273 g/mol. The molecule has 1 N–H and O–H groups in total. The van der Waals surface area contributed by atoms with Crippen molar-refractivity contribution < 1.29 is 0 Å². The van der Waals surface area contributed by atoms with Crippen LogP contribution in [0.15, 0.2) is 9.95 Å². The van der Waals surface area contributed by atoms with Crippen molar-refractivity contribution in [2.24, 2.45) is 5.92 Å². The van der Waals surface area contributed by atoms with Gasteiger partial charge in [-0.25, -0.2) is 9.89 Å². The van der Waals surface area contributed by atoms with Crippen LogP contribution in [0.4, 0.5) is 0 Å². The number of thiol groups is 1. The fourth-order valence-corrected chi connectivity index (χ4v) is 3.51. The number of H-pyrrole nitrogens is 1. The van der Waals surface area contributed by atoms with Crippen molar-refractivity contribution in [1.29, 1.82) is 0 Å². The van der Waals surface area contributed by atoms with E-state index < -0.39 is 0 Å². The zero-order valence-electron chi connectivity index (χ0n) is 10.1. The molecule has 2 rings (SSSR count). The molecule has 1 fully saturated rings. The van der Waals surface area contributed by atoms with Gasteiger partial charge in [0.05, 0.1) is 0 Å². The molecule has 1 heterocycles. The van der Waals surface area contributed by atoms with E-state index in [0.29, 0.717) is 12.0 Å². The fourth-order valence-electron chi connectivity index (χ4n) is 1.87. The molecule has 17 heavy (non-hydrogen) atoms. The van der Waals surface area contributed by atoms with Crippen molar-refractivity contribution in [2.75, 3.05) is 11.5 Å².